The molecule has 1 aliphatic rings. The summed E-state index contributed by atoms with van der Waals surface area (Å²) >= 11 is 0. The number of benzene rings is 2. The maximum Gasteiger partial charge on any atom is 0.162 e. The number of piperidine rings is 1. The van der Waals surface area contributed by atoms with E-state index >= 15 is 0 Å². The highest BCUT2D eigenvalue weighted by Gasteiger charge is 2.22. The molecule has 3 aromatic rings. The number of carbonyl (C=O) groups is 1. The number of nitrogens with one attached hydrogen (secondary N) is 1. The number of fused-ring (bicyclic) bond motifs is 1. The van der Waals surface area contributed by atoms with E-state index in [1.807, 2.05) is 31.2 Å². The van der Waals surface area contributed by atoms with Crippen LogP contribution >= 0.6 is 0 Å². The lowest BCUT2D eigenvalue weighted by atomic mass is 9.89. The zero-order chi connectivity index (χ0) is 18.6. The average molecular weight is 361 g/mol. The van der Waals surface area contributed by atoms with Crippen molar-refractivity contribution < 1.29 is 4.79 Å². The van der Waals surface area contributed by atoms with Crippen LogP contribution in [0.1, 0.15) is 53.1 Å². The molecule has 0 saturated carbocycles. The number of Topliss-reactive ketones (excluding diaryl/α,β-unsaturated/α-hetero) is 1. The number of para-hydroxylation sites is 1. The van der Waals surface area contributed by atoms with Crippen molar-refractivity contribution in [3.05, 3.63) is 71.4 Å². The summed E-state index contributed by atoms with van der Waals surface area (Å²) in [4.78, 5) is 18.3. The monoisotopic (exact) mass is 360 g/mol. The van der Waals surface area contributed by atoms with Crippen LogP contribution in [-0.2, 0) is 0 Å². The minimum atomic E-state index is 0.271. The Labute approximate surface area is 161 Å². The Morgan fingerprint density at radius 2 is 1.93 bits per heavy atom. The molecule has 140 valence electrons. The maximum absolute atomic E-state index is 12.3. The molecule has 0 radical (unpaired) electrons. The van der Waals surface area contributed by atoms with Crippen molar-refractivity contribution in [1.29, 1.82) is 0 Å². The fraction of sp³-hybridized carbons (Fsp3) is 0.375. The van der Waals surface area contributed by atoms with Gasteiger partial charge in [0.25, 0.3) is 0 Å². The van der Waals surface area contributed by atoms with Crippen LogP contribution in [0.3, 0.4) is 0 Å². The normalized spacial score (nSPS) is 16.0. The fourth-order valence-electron chi connectivity index (χ4n) is 4.33. The average Bonchev–Trinajstić information content (AvgIpc) is 3.13. The van der Waals surface area contributed by atoms with Gasteiger partial charge in [0.15, 0.2) is 5.78 Å². The van der Waals surface area contributed by atoms with Gasteiger partial charge in [-0.1, -0.05) is 42.0 Å². The number of carbonyl (C=O) groups excluding carboxylic acids is 1. The summed E-state index contributed by atoms with van der Waals surface area (Å²) in [6.45, 7) is 5.32. The zero-order valence-electron chi connectivity index (χ0n) is 16.1. The smallest absolute Gasteiger partial charge is 0.162 e. The standard InChI is InChI=1S/C24H28N2O/c1-18-6-4-7-20(16-18)24(27)10-5-13-26-14-11-19(12-15-26)22-17-25-23-9-3-2-8-21(22)23/h2-4,6-9,16-17,19,25H,5,10-15H2,1H3. The van der Waals surface area contributed by atoms with E-state index in [1.54, 1.807) is 0 Å². The summed E-state index contributed by atoms with van der Waals surface area (Å²) in [5.41, 5.74) is 4.72. The third-order valence-corrected chi connectivity index (χ3v) is 5.87. The molecule has 1 fully saturated rings. The van der Waals surface area contributed by atoms with Gasteiger partial charge in [-0.25, -0.2) is 0 Å². The van der Waals surface area contributed by atoms with Gasteiger partial charge in [-0.2, -0.15) is 0 Å². The molecular weight excluding hydrogens is 332 g/mol. The summed E-state index contributed by atoms with van der Waals surface area (Å²) in [5, 5.41) is 1.37. The molecule has 0 unspecified atom stereocenters. The van der Waals surface area contributed by atoms with Gasteiger partial charge in [-0.3, -0.25) is 4.79 Å². The highest BCUT2D eigenvalue weighted by molar-refractivity contribution is 5.96. The maximum atomic E-state index is 12.3. The molecule has 4 rings (SSSR count). The second kappa shape index (κ2) is 8.10. The Bertz CT molecular complexity index is 919. The summed E-state index contributed by atoms with van der Waals surface area (Å²) in [6, 6.07) is 16.5. The zero-order valence-corrected chi connectivity index (χ0v) is 16.1. The molecular formula is C24H28N2O. The van der Waals surface area contributed by atoms with Crippen LogP contribution in [0, 0.1) is 6.92 Å². The van der Waals surface area contributed by atoms with E-state index in [2.05, 4.69) is 40.3 Å². The molecule has 0 spiro atoms. The lowest BCUT2D eigenvalue weighted by Gasteiger charge is -2.31. The molecule has 3 heteroatoms. The van der Waals surface area contributed by atoms with Gasteiger partial charge in [0.2, 0.25) is 0 Å². The van der Waals surface area contributed by atoms with Crippen LogP contribution in [-0.4, -0.2) is 35.3 Å². The highest BCUT2D eigenvalue weighted by atomic mass is 16.1. The highest BCUT2D eigenvalue weighted by Crippen LogP contribution is 2.33. The van der Waals surface area contributed by atoms with Gasteiger partial charge < -0.3 is 9.88 Å². The van der Waals surface area contributed by atoms with Crippen LogP contribution in [0.2, 0.25) is 0 Å². The second-order valence-electron chi connectivity index (χ2n) is 7.80. The van der Waals surface area contributed by atoms with Crippen LogP contribution in [0.15, 0.2) is 54.7 Å². The number of likely N-dealkylation sites (tertiary alicyclic amines) is 1. The Kier molecular flexibility index (Phi) is 5.40. The van der Waals surface area contributed by atoms with Gasteiger partial charge >= 0.3 is 0 Å². The van der Waals surface area contributed by atoms with Crippen LogP contribution in [0.5, 0.6) is 0 Å². The molecule has 2 aromatic carbocycles. The molecule has 1 N–H and O–H groups in total. The largest absolute Gasteiger partial charge is 0.361 e. The number of aryl methyl sites for hydroxylation is 1. The van der Waals surface area contributed by atoms with E-state index in [9.17, 15) is 4.79 Å². The summed E-state index contributed by atoms with van der Waals surface area (Å²) in [6.07, 6.45) is 6.20. The molecule has 1 saturated heterocycles. The molecule has 0 amide bonds. The van der Waals surface area contributed by atoms with Crippen molar-refractivity contribution in [2.75, 3.05) is 19.6 Å². The number of rotatable bonds is 6. The van der Waals surface area contributed by atoms with E-state index < -0.39 is 0 Å². The minimum absolute atomic E-state index is 0.271. The minimum Gasteiger partial charge on any atom is -0.361 e. The number of ketones is 1. The van der Waals surface area contributed by atoms with Crippen LogP contribution < -0.4 is 0 Å². The molecule has 27 heavy (non-hydrogen) atoms. The van der Waals surface area contributed by atoms with Crippen molar-refractivity contribution in [3.8, 4) is 0 Å². The van der Waals surface area contributed by atoms with Gasteiger partial charge in [0.05, 0.1) is 0 Å². The SMILES string of the molecule is Cc1cccc(C(=O)CCCN2CCC(c3c[nH]c4ccccc34)CC2)c1. The predicted molar refractivity (Wildman–Crippen MR) is 111 cm³/mol. The van der Waals surface area contributed by atoms with Gasteiger partial charge in [0.1, 0.15) is 0 Å². The topological polar surface area (TPSA) is 36.1 Å². The fourth-order valence-corrected chi connectivity index (χ4v) is 4.33. The lowest BCUT2D eigenvalue weighted by molar-refractivity contribution is 0.0972. The number of aromatic nitrogens is 1. The van der Waals surface area contributed by atoms with E-state index in [1.165, 1.54) is 29.3 Å². The van der Waals surface area contributed by atoms with Crippen LogP contribution in [0.25, 0.3) is 10.9 Å². The van der Waals surface area contributed by atoms with E-state index in [-0.39, 0.29) is 5.78 Å². The van der Waals surface area contributed by atoms with Gasteiger partial charge in [-0.05, 0) is 69.4 Å². The van der Waals surface area contributed by atoms with Crippen molar-refractivity contribution >= 4 is 16.7 Å². The molecule has 0 atom stereocenters. The van der Waals surface area contributed by atoms with Crippen LogP contribution in [0.4, 0.5) is 0 Å². The molecule has 0 aliphatic carbocycles. The Morgan fingerprint density at radius 3 is 2.74 bits per heavy atom. The third kappa shape index (κ3) is 4.14. The first kappa shape index (κ1) is 18.0. The Morgan fingerprint density at radius 1 is 1.11 bits per heavy atom. The molecule has 1 aliphatic heterocycles. The first-order chi connectivity index (χ1) is 13.2. The first-order valence-corrected chi connectivity index (χ1v) is 10.1. The van der Waals surface area contributed by atoms with E-state index in [4.69, 9.17) is 0 Å². The molecule has 3 nitrogen and oxygen atoms in total. The Hall–Kier alpha value is -2.39. The van der Waals surface area contributed by atoms with E-state index in [0.717, 1.165) is 37.2 Å². The van der Waals surface area contributed by atoms with Crippen molar-refractivity contribution in [3.63, 3.8) is 0 Å². The quantitative estimate of drug-likeness (QED) is 0.604. The van der Waals surface area contributed by atoms with Gasteiger partial charge in [0, 0.05) is 29.1 Å². The van der Waals surface area contributed by atoms with Crippen molar-refractivity contribution in [2.24, 2.45) is 0 Å². The first-order valence-electron chi connectivity index (χ1n) is 10.1. The summed E-state index contributed by atoms with van der Waals surface area (Å²) in [7, 11) is 0. The second-order valence-corrected chi connectivity index (χ2v) is 7.80. The molecule has 1 aromatic heterocycles. The van der Waals surface area contributed by atoms with Crippen molar-refractivity contribution in [2.45, 2.75) is 38.5 Å². The summed E-state index contributed by atoms with van der Waals surface area (Å²) in [5.74, 6) is 0.915. The van der Waals surface area contributed by atoms with Gasteiger partial charge in [-0.15, -0.1) is 0 Å². The number of hydrogen-bond donors (Lipinski definition) is 1. The molecule has 2 heterocycles. The summed E-state index contributed by atoms with van der Waals surface area (Å²) < 4.78 is 0. The lowest BCUT2D eigenvalue weighted by Crippen LogP contribution is -2.33. The molecule has 0 bridgehead atoms. The predicted octanol–water partition coefficient (Wildman–Crippen LogP) is 5.32. The third-order valence-electron chi connectivity index (χ3n) is 5.87. The number of H-pyrrole nitrogens is 1. The Balaban J connectivity index is 1.26. The number of nitrogens with zero attached hydrogens (tertiary/aromatic N) is 1. The van der Waals surface area contributed by atoms with Crippen molar-refractivity contribution in [1.82, 2.24) is 9.88 Å². The number of hydrogen-bond acceptors (Lipinski definition) is 2. The van der Waals surface area contributed by atoms with E-state index in [0.29, 0.717) is 12.3 Å². The number of aromatic amines is 1.